The zero-order valence-electron chi connectivity index (χ0n) is 11.5. The van der Waals surface area contributed by atoms with Crippen LogP contribution in [0.3, 0.4) is 0 Å². The third kappa shape index (κ3) is 2.81. The molecule has 1 aromatic carbocycles. The first-order valence-corrected chi connectivity index (χ1v) is 6.89. The maximum atomic E-state index is 11.6. The number of rotatable bonds is 2. The number of Topliss-reactive ketones (excluding diaryl/α,β-unsaturated/α-hetero) is 1. The van der Waals surface area contributed by atoms with E-state index in [1.54, 1.807) is 6.07 Å². The van der Waals surface area contributed by atoms with Crippen molar-refractivity contribution < 1.29 is 9.59 Å². The number of nitrogens with zero attached hydrogens (tertiary/aromatic N) is 1. The second-order valence-electron chi connectivity index (χ2n) is 6.05. The molecule has 0 atom stereocenters. The molecule has 1 aromatic rings. The van der Waals surface area contributed by atoms with Gasteiger partial charge in [-0.1, -0.05) is 20.8 Å². The van der Waals surface area contributed by atoms with Crippen LogP contribution in [-0.4, -0.2) is 25.3 Å². The van der Waals surface area contributed by atoms with E-state index >= 15 is 0 Å². The van der Waals surface area contributed by atoms with Crippen LogP contribution in [0.4, 0.5) is 11.4 Å². The molecule has 1 N–H and O–H groups in total. The second kappa shape index (κ2) is 4.63. The van der Waals surface area contributed by atoms with Crippen LogP contribution in [0, 0.1) is 5.41 Å². The van der Waals surface area contributed by atoms with Gasteiger partial charge in [-0.2, -0.15) is 0 Å². The second-order valence-corrected chi connectivity index (χ2v) is 6.90. The first-order chi connectivity index (χ1) is 8.69. The molecule has 0 unspecified atom stereocenters. The van der Waals surface area contributed by atoms with E-state index in [1.807, 2.05) is 13.1 Å². The van der Waals surface area contributed by atoms with E-state index in [9.17, 15) is 9.59 Å². The molecule has 0 fully saturated rings. The Morgan fingerprint density at radius 3 is 2.47 bits per heavy atom. The fourth-order valence-corrected chi connectivity index (χ4v) is 2.89. The Bertz CT molecular complexity index is 561. The van der Waals surface area contributed by atoms with Crippen molar-refractivity contribution in [2.75, 3.05) is 23.8 Å². The van der Waals surface area contributed by atoms with E-state index in [0.29, 0.717) is 11.3 Å². The van der Waals surface area contributed by atoms with Gasteiger partial charge in [0.2, 0.25) is 0 Å². The number of benzene rings is 1. The van der Waals surface area contributed by atoms with Gasteiger partial charge in [-0.05, 0) is 33.5 Å². The quantitative estimate of drug-likeness (QED) is 0.850. The van der Waals surface area contributed by atoms with Crippen LogP contribution < -0.4 is 10.2 Å². The smallest absolute Gasteiger partial charge is 0.296 e. The minimum Gasteiger partial charge on any atom is -0.373 e. The Balaban J connectivity index is 2.37. The third-order valence-corrected chi connectivity index (χ3v) is 3.54. The average molecular weight is 325 g/mol. The van der Waals surface area contributed by atoms with E-state index in [-0.39, 0.29) is 5.41 Å². The molecule has 5 heteroatoms. The van der Waals surface area contributed by atoms with Crippen molar-refractivity contribution in [3.05, 3.63) is 22.2 Å². The topological polar surface area (TPSA) is 49.4 Å². The molecule has 0 bridgehead atoms. The van der Waals surface area contributed by atoms with Crippen molar-refractivity contribution >= 4 is 39.0 Å². The summed E-state index contributed by atoms with van der Waals surface area (Å²) in [6.07, 6.45) is 0. The van der Waals surface area contributed by atoms with Crippen molar-refractivity contribution in [3.8, 4) is 0 Å². The van der Waals surface area contributed by atoms with Gasteiger partial charge in [-0.3, -0.25) is 9.59 Å². The molecule has 1 aliphatic rings. The van der Waals surface area contributed by atoms with Gasteiger partial charge in [0.05, 0.1) is 16.9 Å². The number of nitrogens with one attached hydrogen (secondary N) is 1. The van der Waals surface area contributed by atoms with Crippen LogP contribution in [0.15, 0.2) is 16.6 Å². The number of ketones is 1. The highest BCUT2D eigenvalue weighted by Crippen LogP contribution is 2.35. The lowest BCUT2D eigenvalue weighted by molar-refractivity contribution is -0.112. The van der Waals surface area contributed by atoms with Gasteiger partial charge in [-0.15, -0.1) is 0 Å². The van der Waals surface area contributed by atoms with Crippen LogP contribution in [0.1, 0.15) is 31.1 Å². The van der Waals surface area contributed by atoms with Gasteiger partial charge in [-0.25, -0.2) is 0 Å². The summed E-state index contributed by atoms with van der Waals surface area (Å²) in [6, 6.07) is 3.55. The normalized spacial score (nSPS) is 14.4. The molecule has 1 heterocycles. The molecule has 4 nitrogen and oxygen atoms in total. The lowest BCUT2D eigenvalue weighted by Gasteiger charge is -2.29. The molecule has 0 saturated heterocycles. The first-order valence-electron chi connectivity index (χ1n) is 6.09. The maximum absolute atomic E-state index is 11.6. The molecular weight excluding hydrogens is 308 g/mol. The van der Waals surface area contributed by atoms with E-state index in [4.69, 9.17) is 0 Å². The highest BCUT2D eigenvalue weighted by atomic mass is 79.9. The van der Waals surface area contributed by atoms with E-state index in [2.05, 4.69) is 46.9 Å². The summed E-state index contributed by atoms with van der Waals surface area (Å²) in [6.45, 7) is 7.36. The van der Waals surface area contributed by atoms with Crippen LogP contribution in [0.2, 0.25) is 0 Å². The zero-order chi connectivity index (χ0) is 14.4. The maximum Gasteiger partial charge on any atom is 0.296 e. The van der Waals surface area contributed by atoms with Gasteiger partial charge < -0.3 is 10.2 Å². The fourth-order valence-electron chi connectivity index (χ4n) is 2.24. The predicted molar refractivity (Wildman–Crippen MR) is 79.8 cm³/mol. The molecule has 0 spiro atoms. The van der Waals surface area contributed by atoms with Crippen LogP contribution in [-0.2, 0) is 4.79 Å². The summed E-state index contributed by atoms with van der Waals surface area (Å²) in [5.41, 5.74) is 2.15. The van der Waals surface area contributed by atoms with Gasteiger partial charge in [0.25, 0.3) is 11.7 Å². The molecule has 1 aliphatic heterocycles. The molecular formula is C14H17BrN2O2. The molecule has 0 saturated carbocycles. The Morgan fingerprint density at radius 2 is 1.89 bits per heavy atom. The lowest BCUT2D eigenvalue weighted by Crippen LogP contribution is -2.29. The number of carbonyl (C=O) groups excluding carboxylic acids is 2. The van der Waals surface area contributed by atoms with Crippen molar-refractivity contribution in [2.24, 2.45) is 5.41 Å². The highest BCUT2D eigenvalue weighted by molar-refractivity contribution is 9.10. The Labute approximate surface area is 121 Å². The summed E-state index contributed by atoms with van der Waals surface area (Å²) in [7, 11) is 2.00. The molecule has 19 heavy (non-hydrogen) atoms. The summed E-state index contributed by atoms with van der Waals surface area (Å²) in [5, 5.41) is 2.60. The monoisotopic (exact) mass is 324 g/mol. The number of hydrogen-bond donors (Lipinski definition) is 1. The number of anilines is 2. The fraction of sp³-hybridized carbons (Fsp3) is 0.429. The zero-order valence-corrected chi connectivity index (χ0v) is 13.1. The van der Waals surface area contributed by atoms with Crippen molar-refractivity contribution in [2.45, 2.75) is 20.8 Å². The number of amides is 1. The van der Waals surface area contributed by atoms with Gasteiger partial charge >= 0.3 is 0 Å². The average Bonchev–Trinajstić information content (AvgIpc) is 2.52. The van der Waals surface area contributed by atoms with Gasteiger partial charge in [0, 0.05) is 18.1 Å². The highest BCUT2D eigenvalue weighted by Gasteiger charge is 2.29. The van der Waals surface area contributed by atoms with Crippen LogP contribution >= 0.6 is 15.9 Å². The van der Waals surface area contributed by atoms with Gasteiger partial charge in [0.1, 0.15) is 0 Å². The van der Waals surface area contributed by atoms with E-state index in [0.717, 1.165) is 16.7 Å². The molecule has 0 radical (unpaired) electrons. The van der Waals surface area contributed by atoms with Crippen molar-refractivity contribution in [1.29, 1.82) is 0 Å². The van der Waals surface area contributed by atoms with Crippen LogP contribution in [0.25, 0.3) is 0 Å². The Morgan fingerprint density at radius 1 is 1.26 bits per heavy atom. The molecule has 102 valence electrons. The van der Waals surface area contributed by atoms with E-state index in [1.165, 1.54) is 0 Å². The minimum absolute atomic E-state index is 0.159. The molecule has 2 rings (SSSR count). The minimum atomic E-state index is -0.558. The Hall–Kier alpha value is -1.36. The summed E-state index contributed by atoms with van der Waals surface area (Å²) in [4.78, 5) is 25.1. The number of hydrogen-bond acceptors (Lipinski definition) is 3. The third-order valence-electron chi connectivity index (χ3n) is 2.91. The number of halogens is 1. The summed E-state index contributed by atoms with van der Waals surface area (Å²) < 4.78 is 0.822. The largest absolute Gasteiger partial charge is 0.373 e. The van der Waals surface area contributed by atoms with Gasteiger partial charge in [0.15, 0.2) is 0 Å². The Kier molecular flexibility index (Phi) is 3.43. The summed E-state index contributed by atoms with van der Waals surface area (Å²) in [5.74, 6) is -1.03. The molecule has 0 aliphatic carbocycles. The first kappa shape index (κ1) is 14.1. The molecule has 1 amide bonds. The SMILES string of the molecule is CN(CC(C)(C)C)c1cc2c(cc1Br)C(=O)C(=O)N2. The number of carbonyl (C=O) groups is 2. The summed E-state index contributed by atoms with van der Waals surface area (Å²) >= 11 is 3.47. The molecule has 0 aromatic heterocycles. The van der Waals surface area contributed by atoms with E-state index < -0.39 is 11.7 Å². The van der Waals surface area contributed by atoms with Crippen molar-refractivity contribution in [1.82, 2.24) is 0 Å². The van der Waals surface area contributed by atoms with Crippen LogP contribution in [0.5, 0.6) is 0 Å². The lowest BCUT2D eigenvalue weighted by atomic mass is 9.96. The van der Waals surface area contributed by atoms with Crippen molar-refractivity contribution in [3.63, 3.8) is 0 Å². The standard InChI is InChI=1S/C14H17BrN2O2/c1-14(2,3)7-17(4)11-6-10-8(5-9(11)15)12(18)13(19)16-10/h5-6H,7H2,1-4H3,(H,16,18,19). The number of fused-ring (bicyclic) bond motifs is 1. The predicted octanol–water partition coefficient (Wildman–Crippen LogP) is 3.07.